The summed E-state index contributed by atoms with van der Waals surface area (Å²) < 4.78 is 1.57. The van der Waals surface area contributed by atoms with E-state index in [9.17, 15) is 4.79 Å². The van der Waals surface area contributed by atoms with Crippen LogP contribution in [-0.4, -0.2) is 42.4 Å². The van der Waals surface area contributed by atoms with Crippen LogP contribution < -0.4 is 5.56 Å². The van der Waals surface area contributed by atoms with Crippen molar-refractivity contribution in [2.24, 2.45) is 0 Å². The smallest absolute Gasteiger partial charge is 0.266 e. The van der Waals surface area contributed by atoms with Gasteiger partial charge in [0, 0.05) is 42.8 Å². The molecule has 1 unspecified atom stereocenters. The molecule has 4 rings (SSSR count). The molecule has 0 aromatic carbocycles. The molecule has 0 radical (unpaired) electrons. The molecule has 3 aromatic heterocycles. The van der Waals surface area contributed by atoms with Crippen molar-refractivity contribution in [3.05, 3.63) is 71.0 Å². The van der Waals surface area contributed by atoms with Crippen molar-refractivity contribution >= 4 is 0 Å². The molecule has 0 aliphatic carbocycles. The molecule has 1 saturated heterocycles. The van der Waals surface area contributed by atoms with E-state index in [0.29, 0.717) is 6.54 Å². The molecule has 0 spiro atoms. The Hall–Kier alpha value is -2.93. The Bertz CT molecular complexity index is 912. The Balaban J connectivity index is 1.53. The van der Waals surface area contributed by atoms with E-state index in [1.165, 1.54) is 0 Å². The Kier molecular flexibility index (Phi) is 4.79. The third-order valence-corrected chi connectivity index (χ3v) is 4.70. The van der Waals surface area contributed by atoms with Gasteiger partial charge in [0.05, 0.1) is 17.9 Å². The van der Waals surface area contributed by atoms with Crippen LogP contribution in [-0.2, 0) is 13.1 Å². The molecule has 7 heteroatoms. The lowest BCUT2D eigenvalue weighted by Crippen LogP contribution is -2.36. The summed E-state index contributed by atoms with van der Waals surface area (Å²) in [7, 11) is 0. The fourth-order valence-electron chi connectivity index (χ4n) is 3.38. The minimum Gasteiger partial charge on any atom is -0.293 e. The van der Waals surface area contributed by atoms with Crippen molar-refractivity contribution in [3.63, 3.8) is 0 Å². The largest absolute Gasteiger partial charge is 0.293 e. The summed E-state index contributed by atoms with van der Waals surface area (Å²) in [6.07, 6.45) is 7.32. The third-order valence-electron chi connectivity index (χ3n) is 4.70. The summed E-state index contributed by atoms with van der Waals surface area (Å²) in [4.78, 5) is 18.8. The second-order valence-electron chi connectivity index (χ2n) is 6.46. The fourth-order valence-corrected chi connectivity index (χ4v) is 3.38. The fraction of sp³-hybridized carbons (Fsp3) is 0.316. The SMILES string of the molecule is O=c1ccc(-c2cccnc2)nn1CC1CCCN1Cc1cccnn1. The second-order valence-corrected chi connectivity index (χ2v) is 6.46. The minimum atomic E-state index is -0.0796. The van der Waals surface area contributed by atoms with Crippen LogP contribution in [0.2, 0.25) is 0 Å². The van der Waals surface area contributed by atoms with E-state index < -0.39 is 0 Å². The lowest BCUT2D eigenvalue weighted by Gasteiger charge is -2.24. The normalized spacial score (nSPS) is 17.5. The number of pyridine rings is 1. The molecule has 1 atom stereocenters. The van der Waals surface area contributed by atoms with Gasteiger partial charge < -0.3 is 0 Å². The van der Waals surface area contributed by atoms with E-state index in [-0.39, 0.29) is 11.6 Å². The highest BCUT2D eigenvalue weighted by atomic mass is 16.1. The third kappa shape index (κ3) is 3.67. The standard InChI is InChI=1S/C19H20N6O/c26-19-8-7-18(15-4-1-9-20-12-15)23-25(19)14-17-6-3-11-24(17)13-16-5-2-10-21-22-16/h1-2,4-5,7-10,12,17H,3,6,11,13-14H2. The van der Waals surface area contributed by atoms with Gasteiger partial charge in [0.1, 0.15) is 0 Å². The van der Waals surface area contributed by atoms with Gasteiger partial charge in [-0.2, -0.15) is 15.3 Å². The summed E-state index contributed by atoms with van der Waals surface area (Å²) in [5.41, 5.74) is 2.54. The highest BCUT2D eigenvalue weighted by molar-refractivity contribution is 5.56. The van der Waals surface area contributed by atoms with Crippen LogP contribution in [0.4, 0.5) is 0 Å². The van der Waals surface area contributed by atoms with Gasteiger partial charge in [0.2, 0.25) is 0 Å². The minimum absolute atomic E-state index is 0.0796. The second kappa shape index (κ2) is 7.53. The van der Waals surface area contributed by atoms with Crippen LogP contribution in [0.5, 0.6) is 0 Å². The molecule has 0 bridgehead atoms. The maximum atomic E-state index is 12.3. The Morgan fingerprint density at radius 1 is 1.12 bits per heavy atom. The Morgan fingerprint density at radius 2 is 2.04 bits per heavy atom. The van der Waals surface area contributed by atoms with Gasteiger partial charge in [-0.15, -0.1) is 0 Å². The maximum Gasteiger partial charge on any atom is 0.266 e. The van der Waals surface area contributed by atoms with Gasteiger partial charge in [-0.25, -0.2) is 4.68 Å². The number of nitrogens with zero attached hydrogens (tertiary/aromatic N) is 6. The first-order valence-electron chi connectivity index (χ1n) is 8.79. The molecule has 1 fully saturated rings. The van der Waals surface area contributed by atoms with E-state index in [2.05, 4.69) is 25.2 Å². The average Bonchev–Trinajstić information content (AvgIpc) is 3.12. The molecule has 0 saturated carbocycles. The van der Waals surface area contributed by atoms with Gasteiger partial charge in [-0.05, 0) is 49.7 Å². The summed E-state index contributed by atoms with van der Waals surface area (Å²) >= 11 is 0. The van der Waals surface area contributed by atoms with Crippen LogP contribution in [0.15, 0.2) is 59.8 Å². The molecule has 1 aliphatic rings. The molecule has 0 amide bonds. The van der Waals surface area contributed by atoms with Gasteiger partial charge in [-0.1, -0.05) is 0 Å². The molecule has 3 aromatic rings. The summed E-state index contributed by atoms with van der Waals surface area (Å²) in [5.74, 6) is 0. The zero-order valence-electron chi connectivity index (χ0n) is 14.4. The lowest BCUT2D eigenvalue weighted by molar-refractivity contribution is 0.214. The summed E-state index contributed by atoms with van der Waals surface area (Å²) in [5, 5.41) is 12.7. The van der Waals surface area contributed by atoms with Gasteiger partial charge in [-0.3, -0.25) is 14.7 Å². The van der Waals surface area contributed by atoms with Crippen LogP contribution >= 0.6 is 0 Å². The van der Waals surface area contributed by atoms with Gasteiger partial charge in [0.15, 0.2) is 0 Å². The van der Waals surface area contributed by atoms with Crippen LogP contribution in [0.3, 0.4) is 0 Å². The molecular weight excluding hydrogens is 328 g/mol. The highest BCUT2D eigenvalue weighted by Gasteiger charge is 2.26. The van der Waals surface area contributed by atoms with Crippen molar-refractivity contribution < 1.29 is 0 Å². The van der Waals surface area contributed by atoms with Crippen LogP contribution in [0.1, 0.15) is 18.5 Å². The van der Waals surface area contributed by atoms with Gasteiger partial charge in [0.25, 0.3) is 5.56 Å². The molecule has 4 heterocycles. The predicted octanol–water partition coefficient (Wildman–Crippen LogP) is 1.76. The molecular formula is C19H20N6O. The number of hydrogen-bond acceptors (Lipinski definition) is 6. The van der Waals surface area contributed by atoms with Crippen molar-refractivity contribution in [1.82, 2.24) is 29.9 Å². The monoisotopic (exact) mass is 348 g/mol. The quantitative estimate of drug-likeness (QED) is 0.699. The predicted molar refractivity (Wildman–Crippen MR) is 97.2 cm³/mol. The molecule has 26 heavy (non-hydrogen) atoms. The van der Waals surface area contributed by atoms with Crippen molar-refractivity contribution in [3.8, 4) is 11.3 Å². The summed E-state index contributed by atoms with van der Waals surface area (Å²) in [6, 6.07) is 11.3. The molecule has 7 nitrogen and oxygen atoms in total. The van der Waals surface area contributed by atoms with E-state index in [1.54, 1.807) is 35.4 Å². The average molecular weight is 348 g/mol. The summed E-state index contributed by atoms with van der Waals surface area (Å²) in [6.45, 7) is 2.32. The van der Waals surface area contributed by atoms with Crippen molar-refractivity contribution in [2.75, 3.05) is 6.54 Å². The van der Waals surface area contributed by atoms with E-state index in [0.717, 1.165) is 42.9 Å². The maximum absolute atomic E-state index is 12.3. The number of likely N-dealkylation sites (tertiary alicyclic amines) is 1. The zero-order chi connectivity index (χ0) is 17.8. The lowest BCUT2D eigenvalue weighted by atomic mass is 10.2. The van der Waals surface area contributed by atoms with Crippen LogP contribution in [0, 0.1) is 0 Å². The van der Waals surface area contributed by atoms with E-state index in [1.807, 2.05) is 24.3 Å². The first-order chi connectivity index (χ1) is 12.8. The van der Waals surface area contributed by atoms with Crippen LogP contribution in [0.25, 0.3) is 11.3 Å². The highest BCUT2D eigenvalue weighted by Crippen LogP contribution is 2.21. The number of rotatable bonds is 5. The Labute approximate surface area is 151 Å². The molecule has 0 N–H and O–H groups in total. The zero-order valence-corrected chi connectivity index (χ0v) is 14.4. The number of aromatic nitrogens is 5. The molecule has 132 valence electrons. The topological polar surface area (TPSA) is 76.8 Å². The van der Waals surface area contributed by atoms with Gasteiger partial charge >= 0.3 is 0 Å². The Morgan fingerprint density at radius 3 is 2.85 bits per heavy atom. The van der Waals surface area contributed by atoms with E-state index in [4.69, 9.17) is 0 Å². The van der Waals surface area contributed by atoms with E-state index >= 15 is 0 Å². The molecule has 1 aliphatic heterocycles. The number of hydrogen-bond donors (Lipinski definition) is 0. The first kappa shape index (κ1) is 16.5. The van der Waals surface area contributed by atoms with Crippen molar-refractivity contribution in [1.29, 1.82) is 0 Å². The first-order valence-corrected chi connectivity index (χ1v) is 8.79. The van der Waals surface area contributed by atoms with Crippen molar-refractivity contribution in [2.45, 2.75) is 32.0 Å².